The highest BCUT2D eigenvalue weighted by Gasteiger charge is 2.55. The molecule has 2 N–H and O–H groups in total. The molecule has 2 unspecified atom stereocenters. The highest BCUT2D eigenvalue weighted by atomic mass is 19.3. The molecule has 6 heteroatoms. The Morgan fingerprint density at radius 3 is 2.60 bits per heavy atom. The van der Waals surface area contributed by atoms with Gasteiger partial charge >= 0.3 is 6.09 Å². The Morgan fingerprint density at radius 2 is 2.13 bits per heavy atom. The smallest absolute Gasteiger partial charge is 0.407 e. The Labute approximate surface area is 85.5 Å². The number of carbonyl (C=O) groups is 1. The number of fused-ring (bicyclic) bond motifs is 2. The summed E-state index contributed by atoms with van der Waals surface area (Å²) in [5.74, 6) is -1.13. The van der Waals surface area contributed by atoms with Gasteiger partial charge in [-0.25, -0.2) is 13.6 Å². The maximum atomic E-state index is 12.6. The van der Waals surface area contributed by atoms with Crippen LogP contribution in [0, 0.1) is 11.8 Å². The van der Waals surface area contributed by atoms with Gasteiger partial charge in [0, 0.05) is 12.0 Å². The molecule has 1 saturated heterocycles. The van der Waals surface area contributed by atoms with Gasteiger partial charge in [-0.1, -0.05) is 0 Å². The van der Waals surface area contributed by atoms with Gasteiger partial charge in [-0.3, -0.25) is 4.90 Å². The summed E-state index contributed by atoms with van der Waals surface area (Å²) >= 11 is 0. The molecule has 2 aliphatic rings. The molecule has 2 fully saturated rings. The maximum Gasteiger partial charge on any atom is 0.407 e. The third kappa shape index (κ3) is 1.47. The van der Waals surface area contributed by atoms with Gasteiger partial charge in [0.1, 0.15) is 0 Å². The second-order valence-corrected chi connectivity index (χ2v) is 4.23. The number of hydrogen-bond acceptors (Lipinski definition) is 2. The maximum absolute atomic E-state index is 12.6. The SMILES string of the molecule is O=C(O)N1C2C[C@H](C(F)F)[C@H](C2)C1CO. The zero-order valence-corrected chi connectivity index (χ0v) is 8.01. The van der Waals surface area contributed by atoms with Gasteiger partial charge in [0.05, 0.1) is 12.6 Å². The van der Waals surface area contributed by atoms with E-state index in [-0.39, 0.29) is 25.0 Å². The Hall–Kier alpha value is -0.910. The lowest BCUT2D eigenvalue weighted by molar-refractivity contribution is -0.00690. The van der Waals surface area contributed by atoms with E-state index in [1.807, 2.05) is 0 Å². The van der Waals surface area contributed by atoms with Gasteiger partial charge in [-0.15, -0.1) is 0 Å². The number of likely N-dealkylation sites (tertiary alicyclic amines) is 1. The fraction of sp³-hybridized carbons (Fsp3) is 0.889. The molecule has 1 amide bonds. The normalized spacial score (nSPS) is 39.1. The van der Waals surface area contributed by atoms with Crippen molar-refractivity contribution in [1.29, 1.82) is 0 Å². The van der Waals surface area contributed by atoms with Crippen molar-refractivity contribution < 1.29 is 23.8 Å². The summed E-state index contributed by atoms with van der Waals surface area (Å²) in [5.41, 5.74) is 0. The topological polar surface area (TPSA) is 60.8 Å². The van der Waals surface area contributed by atoms with Crippen molar-refractivity contribution in [2.24, 2.45) is 11.8 Å². The molecule has 2 rings (SSSR count). The summed E-state index contributed by atoms with van der Waals surface area (Å²) in [5, 5.41) is 17.9. The average Bonchev–Trinajstić information content (AvgIpc) is 2.72. The van der Waals surface area contributed by atoms with Crippen LogP contribution in [0.25, 0.3) is 0 Å². The monoisotopic (exact) mass is 221 g/mol. The molecule has 1 aliphatic heterocycles. The number of rotatable bonds is 2. The van der Waals surface area contributed by atoms with Gasteiger partial charge in [0.15, 0.2) is 0 Å². The van der Waals surface area contributed by atoms with Crippen LogP contribution in [0.1, 0.15) is 12.8 Å². The number of nitrogens with zero attached hydrogens (tertiary/aromatic N) is 1. The van der Waals surface area contributed by atoms with E-state index in [0.29, 0.717) is 6.42 Å². The summed E-state index contributed by atoms with van der Waals surface area (Å²) in [7, 11) is 0. The van der Waals surface area contributed by atoms with Crippen molar-refractivity contribution in [3.8, 4) is 0 Å². The summed E-state index contributed by atoms with van der Waals surface area (Å²) in [6, 6.07) is -0.969. The van der Waals surface area contributed by atoms with Gasteiger partial charge in [-0.05, 0) is 18.8 Å². The van der Waals surface area contributed by atoms with E-state index >= 15 is 0 Å². The first-order chi connectivity index (χ1) is 7.06. The third-order valence-electron chi connectivity index (χ3n) is 3.61. The molecular weight excluding hydrogens is 208 g/mol. The molecule has 2 bridgehead atoms. The van der Waals surface area contributed by atoms with Crippen LogP contribution in [0.3, 0.4) is 0 Å². The molecule has 0 radical (unpaired) electrons. The predicted molar refractivity (Wildman–Crippen MR) is 46.7 cm³/mol. The largest absolute Gasteiger partial charge is 0.465 e. The van der Waals surface area contributed by atoms with Gasteiger partial charge in [-0.2, -0.15) is 0 Å². The number of carboxylic acid groups (broad SMARTS) is 1. The van der Waals surface area contributed by atoms with E-state index in [4.69, 9.17) is 10.2 Å². The van der Waals surface area contributed by atoms with E-state index in [1.165, 1.54) is 0 Å². The summed E-state index contributed by atoms with van der Waals surface area (Å²) in [6.07, 6.45) is -2.84. The molecule has 0 aromatic heterocycles. The van der Waals surface area contributed by atoms with Crippen LogP contribution in [-0.4, -0.2) is 46.3 Å². The standard InChI is InChI=1S/C9H13F2NO3/c10-8(11)6-2-4-1-5(6)7(3-13)12(4)9(14)15/h4-8,13H,1-3H2,(H,14,15)/t4?,5-,6-,7?/m0/s1. The van der Waals surface area contributed by atoms with Crippen molar-refractivity contribution in [3.63, 3.8) is 0 Å². The number of halogens is 2. The van der Waals surface area contributed by atoms with Crippen LogP contribution in [0.2, 0.25) is 0 Å². The first kappa shape index (κ1) is 10.6. The number of hydrogen-bond donors (Lipinski definition) is 2. The zero-order chi connectivity index (χ0) is 11.2. The Kier molecular flexibility index (Phi) is 2.54. The van der Waals surface area contributed by atoms with Crippen molar-refractivity contribution in [1.82, 2.24) is 4.90 Å². The average molecular weight is 221 g/mol. The molecule has 4 nitrogen and oxygen atoms in total. The molecular formula is C9H13F2NO3. The highest BCUT2D eigenvalue weighted by Crippen LogP contribution is 2.48. The minimum Gasteiger partial charge on any atom is -0.465 e. The Balaban J connectivity index is 2.17. The van der Waals surface area contributed by atoms with Crippen LogP contribution in [-0.2, 0) is 0 Å². The molecule has 86 valence electrons. The number of aliphatic hydroxyl groups excluding tert-OH is 1. The second-order valence-electron chi connectivity index (χ2n) is 4.23. The van der Waals surface area contributed by atoms with Crippen LogP contribution < -0.4 is 0 Å². The lowest BCUT2D eigenvalue weighted by Gasteiger charge is -2.35. The van der Waals surface area contributed by atoms with Crippen LogP contribution in [0.5, 0.6) is 0 Å². The van der Waals surface area contributed by atoms with E-state index in [1.54, 1.807) is 0 Å². The Bertz CT molecular complexity index is 274. The molecule has 1 aliphatic carbocycles. The second kappa shape index (κ2) is 3.59. The lowest BCUT2D eigenvalue weighted by Crippen LogP contribution is -2.49. The number of aliphatic hydroxyl groups is 1. The molecule has 1 saturated carbocycles. The molecule has 15 heavy (non-hydrogen) atoms. The number of amides is 1. The predicted octanol–water partition coefficient (Wildman–Crippen LogP) is 1.00. The Morgan fingerprint density at radius 1 is 1.47 bits per heavy atom. The van der Waals surface area contributed by atoms with Crippen LogP contribution in [0.4, 0.5) is 13.6 Å². The van der Waals surface area contributed by atoms with E-state index in [9.17, 15) is 13.6 Å². The quantitative estimate of drug-likeness (QED) is 0.731. The van der Waals surface area contributed by atoms with Gasteiger partial charge < -0.3 is 10.2 Å². The lowest BCUT2D eigenvalue weighted by atomic mass is 9.88. The summed E-state index contributed by atoms with van der Waals surface area (Å²) in [6.45, 7) is -0.364. The molecule has 0 aromatic carbocycles. The van der Waals surface area contributed by atoms with Gasteiger partial charge in [0.25, 0.3) is 0 Å². The van der Waals surface area contributed by atoms with E-state index in [0.717, 1.165) is 4.90 Å². The molecule has 0 aromatic rings. The molecule has 0 spiro atoms. The van der Waals surface area contributed by atoms with E-state index in [2.05, 4.69) is 0 Å². The van der Waals surface area contributed by atoms with Crippen molar-refractivity contribution in [3.05, 3.63) is 0 Å². The first-order valence-corrected chi connectivity index (χ1v) is 4.96. The minimum atomic E-state index is -2.41. The molecule has 4 atom stereocenters. The molecule has 1 heterocycles. The summed E-state index contributed by atoms with van der Waals surface area (Å²) < 4.78 is 25.2. The van der Waals surface area contributed by atoms with Crippen molar-refractivity contribution in [2.45, 2.75) is 31.4 Å². The summed E-state index contributed by atoms with van der Waals surface area (Å²) in [4.78, 5) is 12.0. The first-order valence-electron chi connectivity index (χ1n) is 4.96. The zero-order valence-electron chi connectivity index (χ0n) is 8.01. The number of piperidine rings is 1. The highest BCUT2D eigenvalue weighted by molar-refractivity contribution is 5.67. The van der Waals surface area contributed by atoms with Crippen LogP contribution >= 0.6 is 0 Å². The van der Waals surface area contributed by atoms with E-state index < -0.39 is 24.5 Å². The fourth-order valence-electron chi connectivity index (χ4n) is 3.03. The number of alkyl halides is 2. The third-order valence-corrected chi connectivity index (χ3v) is 3.61. The van der Waals surface area contributed by atoms with Gasteiger partial charge in [0.2, 0.25) is 6.43 Å². The fourth-order valence-corrected chi connectivity index (χ4v) is 3.03. The van der Waals surface area contributed by atoms with Crippen molar-refractivity contribution in [2.75, 3.05) is 6.61 Å². The van der Waals surface area contributed by atoms with Crippen molar-refractivity contribution >= 4 is 6.09 Å². The van der Waals surface area contributed by atoms with Crippen LogP contribution in [0.15, 0.2) is 0 Å². The minimum absolute atomic E-state index is 0.227.